The van der Waals surface area contributed by atoms with Crippen LogP contribution in [-0.4, -0.2) is 64.5 Å². The van der Waals surface area contributed by atoms with Crippen molar-refractivity contribution in [2.45, 2.75) is 54.0 Å². The van der Waals surface area contributed by atoms with E-state index in [-0.39, 0.29) is 25.0 Å². The van der Waals surface area contributed by atoms with E-state index in [1.807, 2.05) is 0 Å². The summed E-state index contributed by atoms with van der Waals surface area (Å²) in [5.74, 6) is -0.853. The molecule has 2 rings (SSSR count). The molecule has 0 radical (unpaired) electrons. The van der Waals surface area contributed by atoms with Crippen molar-refractivity contribution in [1.29, 1.82) is 0 Å². The van der Waals surface area contributed by atoms with Gasteiger partial charge < -0.3 is 30.2 Å². The Labute approximate surface area is 215 Å². The lowest BCUT2D eigenvalue weighted by atomic mass is 9.98. The van der Waals surface area contributed by atoms with Gasteiger partial charge in [-0.3, -0.25) is 23.2 Å². The topological polar surface area (TPSA) is 193 Å². The molecular weight excluding hydrogens is 507 g/mol. The van der Waals surface area contributed by atoms with Crippen molar-refractivity contribution in [2.24, 2.45) is 16.6 Å². The van der Waals surface area contributed by atoms with Gasteiger partial charge in [0.25, 0.3) is 0 Å². The molecule has 15 heteroatoms. The minimum Gasteiger partial charge on any atom is -0.438 e. The SMILES string of the molecule is CC(C)(C)C(=O)OCOP(=O)(COCCC(CN)n1cnc2c(N)ncnc21)OCOC(=O)C(C)(C)C. The van der Waals surface area contributed by atoms with Crippen LogP contribution in [0, 0.1) is 10.8 Å². The monoisotopic (exact) mass is 544 g/mol. The van der Waals surface area contributed by atoms with E-state index in [1.165, 1.54) is 6.33 Å². The maximum Gasteiger partial charge on any atom is 0.361 e. The second-order valence-electron chi connectivity index (χ2n) is 10.3. The number of nitrogens with two attached hydrogens (primary N) is 2. The van der Waals surface area contributed by atoms with Crippen molar-refractivity contribution in [1.82, 2.24) is 19.5 Å². The lowest BCUT2D eigenvalue weighted by Gasteiger charge is -2.22. The minimum absolute atomic E-state index is 0.113. The highest BCUT2D eigenvalue weighted by Gasteiger charge is 2.30. The van der Waals surface area contributed by atoms with Crippen molar-refractivity contribution in [3.05, 3.63) is 12.7 Å². The number of hydrogen-bond acceptors (Lipinski definition) is 13. The Morgan fingerprint density at radius 2 is 1.57 bits per heavy atom. The molecule has 0 aromatic carbocycles. The number of nitrogens with zero attached hydrogens (tertiary/aromatic N) is 4. The number of imidazole rings is 1. The Balaban J connectivity index is 1.98. The van der Waals surface area contributed by atoms with Crippen LogP contribution in [0.3, 0.4) is 0 Å². The van der Waals surface area contributed by atoms with Gasteiger partial charge in [0.05, 0.1) is 23.2 Å². The highest BCUT2D eigenvalue weighted by Crippen LogP contribution is 2.48. The number of rotatable bonds is 13. The molecular formula is C22H37N6O8P. The molecule has 208 valence electrons. The molecule has 1 atom stereocenters. The molecule has 0 fully saturated rings. The van der Waals surface area contributed by atoms with Crippen LogP contribution in [0.15, 0.2) is 12.7 Å². The second-order valence-corrected chi connectivity index (χ2v) is 12.3. The van der Waals surface area contributed by atoms with Crippen molar-refractivity contribution in [2.75, 3.05) is 38.8 Å². The Hall–Kier alpha value is -2.64. The van der Waals surface area contributed by atoms with Crippen LogP contribution in [0.4, 0.5) is 5.82 Å². The zero-order valence-corrected chi connectivity index (χ0v) is 23.0. The van der Waals surface area contributed by atoms with E-state index >= 15 is 0 Å². The fourth-order valence-electron chi connectivity index (χ4n) is 2.77. The van der Waals surface area contributed by atoms with Crippen LogP contribution in [-0.2, 0) is 37.4 Å². The van der Waals surface area contributed by atoms with Crippen molar-refractivity contribution < 1.29 is 37.4 Å². The lowest BCUT2D eigenvalue weighted by Crippen LogP contribution is -2.25. The number of aromatic nitrogens is 4. The third kappa shape index (κ3) is 9.00. The summed E-state index contributed by atoms with van der Waals surface area (Å²) in [6.07, 6.45) is 2.83. The largest absolute Gasteiger partial charge is 0.438 e. The molecule has 0 saturated heterocycles. The highest BCUT2D eigenvalue weighted by molar-refractivity contribution is 7.53. The standard InChI is InChI=1S/C22H37N6O8P/c1-21(2,3)19(29)33-12-35-37(31,36-13-34-20(30)22(4,5)6)14-32-8-7-15(9-23)28-11-27-16-17(24)25-10-26-18(16)28/h10-11,15H,7-9,12-14,23H2,1-6H3,(H2,24,25,26). The molecule has 2 aromatic heterocycles. The van der Waals surface area contributed by atoms with Crippen LogP contribution in [0.25, 0.3) is 11.2 Å². The molecule has 0 aliphatic heterocycles. The van der Waals surface area contributed by atoms with Gasteiger partial charge in [0.1, 0.15) is 18.2 Å². The average molecular weight is 545 g/mol. The summed E-state index contributed by atoms with van der Waals surface area (Å²) >= 11 is 0. The Morgan fingerprint density at radius 3 is 2.08 bits per heavy atom. The summed E-state index contributed by atoms with van der Waals surface area (Å²) in [5.41, 5.74) is 11.2. The van der Waals surface area contributed by atoms with Gasteiger partial charge in [-0.25, -0.2) is 15.0 Å². The summed E-state index contributed by atoms with van der Waals surface area (Å²) in [5, 5.41) is 0. The predicted octanol–water partition coefficient (Wildman–Crippen LogP) is 2.59. The Kier molecular flexibility index (Phi) is 10.5. The van der Waals surface area contributed by atoms with Gasteiger partial charge in [-0.2, -0.15) is 0 Å². The van der Waals surface area contributed by atoms with E-state index in [0.717, 1.165) is 0 Å². The Morgan fingerprint density at radius 1 is 1.00 bits per heavy atom. The van der Waals surface area contributed by atoms with Crippen molar-refractivity contribution in [3.63, 3.8) is 0 Å². The third-order valence-electron chi connectivity index (χ3n) is 5.00. The van der Waals surface area contributed by atoms with Crippen LogP contribution < -0.4 is 11.5 Å². The van der Waals surface area contributed by atoms with Gasteiger partial charge in [0.2, 0.25) is 13.6 Å². The minimum atomic E-state index is -3.97. The van der Waals surface area contributed by atoms with Gasteiger partial charge in [0, 0.05) is 13.2 Å². The maximum atomic E-state index is 13.2. The van der Waals surface area contributed by atoms with E-state index in [0.29, 0.717) is 17.6 Å². The third-order valence-corrected chi connectivity index (χ3v) is 6.50. The summed E-state index contributed by atoms with van der Waals surface area (Å²) in [7, 11) is -3.97. The first-order valence-electron chi connectivity index (χ1n) is 11.6. The fraction of sp³-hybridized carbons (Fsp3) is 0.682. The van der Waals surface area contributed by atoms with Gasteiger partial charge in [-0.1, -0.05) is 0 Å². The number of hydrogen-bond donors (Lipinski definition) is 2. The number of nitrogen functional groups attached to an aromatic ring is 1. The first kappa shape index (κ1) is 30.6. The lowest BCUT2D eigenvalue weighted by molar-refractivity contribution is -0.162. The van der Waals surface area contributed by atoms with Crippen LogP contribution in [0.2, 0.25) is 0 Å². The number of carbonyl (C=O) groups is 2. The molecule has 0 aliphatic carbocycles. The van der Waals surface area contributed by atoms with Gasteiger partial charge in [-0.05, 0) is 48.0 Å². The zero-order valence-electron chi connectivity index (χ0n) is 22.1. The van der Waals surface area contributed by atoms with E-state index in [4.69, 9.17) is 34.7 Å². The van der Waals surface area contributed by atoms with Gasteiger partial charge in [-0.15, -0.1) is 0 Å². The normalized spacial score (nSPS) is 13.5. The average Bonchev–Trinajstić information content (AvgIpc) is 3.23. The van der Waals surface area contributed by atoms with Crippen LogP contribution >= 0.6 is 7.60 Å². The van der Waals surface area contributed by atoms with E-state index in [1.54, 1.807) is 52.4 Å². The molecule has 0 bridgehead atoms. The molecule has 0 amide bonds. The molecule has 0 saturated carbocycles. The second kappa shape index (κ2) is 12.7. The molecule has 0 spiro atoms. The molecule has 2 aromatic rings. The highest BCUT2D eigenvalue weighted by atomic mass is 31.2. The van der Waals surface area contributed by atoms with Crippen molar-refractivity contribution >= 4 is 36.5 Å². The number of carbonyl (C=O) groups excluding carboxylic acids is 2. The van der Waals surface area contributed by atoms with Crippen LogP contribution in [0.1, 0.15) is 54.0 Å². The summed E-state index contributed by atoms with van der Waals surface area (Å²) in [6.45, 7) is 9.09. The van der Waals surface area contributed by atoms with E-state index < -0.39 is 50.3 Å². The molecule has 1 unspecified atom stereocenters. The molecule has 2 heterocycles. The van der Waals surface area contributed by atoms with E-state index in [9.17, 15) is 14.2 Å². The van der Waals surface area contributed by atoms with Gasteiger partial charge in [0.15, 0.2) is 11.5 Å². The number of ether oxygens (including phenoxy) is 3. The molecule has 37 heavy (non-hydrogen) atoms. The number of esters is 2. The fourth-order valence-corrected chi connectivity index (χ4v) is 3.77. The molecule has 14 nitrogen and oxygen atoms in total. The summed E-state index contributed by atoms with van der Waals surface area (Å²) in [4.78, 5) is 36.3. The summed E-state index contributed by atoms with van der Waals surface area (Å²) in [6, 6.07) is -0.249. The first-order valence-corrected chi connectivity index (χ1v) is 13.3. The molecule has 0 aliphatic rings. The number of fused-ring (bicyclic) bond motifs is 1. The maximum absolute atomic E-state index is 13.2. The number of anilines is 1. The zero-order chi connectivity index (χ0) is 27.9. The summed E-state index contributed by atoms with van der Waals surface area (Å²) < 4.78 is 41.1. The molecule has 4 N–H and O–H groups in total. The Bertz CT molecular complexity index is 1070. The van der Waals surface area contributed by atoms with Gasteiger partial charge >= 0.3 is 19.5 Å². The quantitative estimate of drug-likeness (QED) is 0.162. The van der Waals surface area contributed by atoms with E-state index in [2.05, 4.69) is 15.0 Å². The predicted molar refractivity (Wildman–Crippen MR) is 134 cm³/mol. The smallest absolute Gasteiger partial charge is 0.361 e. The van der Waals surface area contributed by atoms with Crippen molar-refractivity contribution in [3.8, 4) is 0 Å². The first-order chi connectivity index (χ1) is 17.2. The van der Waals surface area contributed by atoms with Crippen LogP contribution in [0.5, 0.6) is 0 Å².